The average molecular weight is 349 g/mol. The molecule has 0 bridgehead atoms. The van der Waals surface area contributed by atoms with E-state index in [0.29, 0.717) is 25.1 Å². The number of anilines is 1. The lowest BCUT2D eigenvalue weighted by atomic mass is 10.1. The molecule has 0 spiro atoms. The van der Waals surface area contributed by atoms with E-state index in [-0.39, 0.29) is 6.04 Å². The molecule has 0 radical (unpaired) electrons. The van der Waals surface area contributed by atoms with Crippen molar-refractivity contribution in [2.75, 3.05) is 17.5 Å². The number of aryl methyl sites for hydroxylation is 1. The van der Waals surface area contributed by atoms with Gasteiger partial charge in [-0.3, -0.25) is 4.72 Å². The third kappa shape index (κ3) is 8.32. The van der Waals surface area contributed by atoms with Crippen molar-refractivity contribution in [1.82, 2.24) is 9.44 Å². The van der Waals surface area contributed by atoms with Crippen LogP contribution in [0.25, 0.3) is 0 Å². The first-order chi connectivity index (χ1) is 10.1. The number of nitrogens with one attached hydrogen (secondary N) is 3. The van der Waals surface area contributed by atoms with E-state index in [1.165, 1.54) is 0 Å². The van der Waals surface area contributed by atoms with Crippen LogP contribution in [0.5, 0.6) is 0 Å². The Kier molecular flexibility index (Phi) is 6.79. The minimum atomic E-state index is -3.44. The van der Waals surface area contributed by atoms with E-state index in [9.17, 15) is 16.8 Å². The molecular formula is C13H23N3O4S2. The number of sulfonamides is 1. The summed E-state index contributed by atoms with van der Waals surface area (Å²) in [4.78, 5) is 0. The van der Waals surface area contributed by atoms with Crippen LogP contribution in [0.4, 0.5) is 5.69 Å². The second-order valence-corrected chi connectivity index (χ2v) is 8.62. The first kappa shape index (κ1) is 18.9. The highest BCUT2D eigenvalue weighted by Gasteiger charge is 2.09. The lowest BCUT2D eigenvalue weighted by Gasteiger charge is -2.10. The number of hydrogen-bond acceptors (Lipinski definition) is 4. The molecule has 1 aromatic carbocycles. The Morgan fingerprint density at radius 1 is 1.05 bits per heavy atom. The zero-order valence-corrected chi connectivity index (χ0v) is 14.6. The Morgan fingerprint density at radius 2 is 1.64 bits per heavy atom. The average Bonchev–Trinajstić information content (AvgIpc) is 2.33. The normalized spacial score (nSPS) is 12.5. The molecule has 1 rings (SSSR count). The molecule has 0 aliphatic heterocycles. The van der Waals surface area contributed by atoms with Crippen molar-refractivity contribution in [2.45, 2.75) is 32.7 Å². The predicted octanol–water partition coefficient (Wildman–Crippen LogP) is 0.823. The van der Waals surface area contributed by atoms with Gasteiger partial charge in [-0.05, 0) is 44.4 Å². The van der Waals surface area contributed by atoms with Gasteiger partial charge in [0.1, 0.15) is 0 Å². The molecule has 0 aliphatic rings. The second-order valence-electron chi connectivity index (χ2n) is 5.35. The molecular weight excluding hydrogens is 326 g/mol. The molecule has 0 fully saturated rings. The van der Waals surface area contributed by atoms with E-state index in [0.717, 1.165) is 11.8 Å². The molecule has 7 nitrogen and oxygen atoms in total. The standard InChI is InChI=1S/C13H23N3O4S2/c1-11(2)15-22(19,20)14-10-4-5-12-6-8-13(9-7-12)16-21(3,17)18/h6-9,11,14-16H,4-5,10H2,1-3H3. The van der Waals surface area contributed by atoms with Crippen molar-refractivity contribution >= 4 is 25.9 Å². The molecule has 3 N–H and O–H groups in total. The highest BCUT2D eigenvalue weighted by atomic mass is 32.2. The van der Waals surface area contributed by atoms with Crippen molar-refractivity contribution in [3.63, 3.8) is 0 Å². The monoisotopic (exact) mass is 349 g/mol. The van der Waals surface area contributed by atoms with Crippen LogP contribution in [-0.4, -0.2) is 35.7 Å². The van der Waals surface area contributed by atoms with Gasteiger partial charge in [-0.2, -0.15) is 13.1 Å². The molecule has 1 aromatic rings. The summed E-state index contributed by atoms with van der Waals surface area (Å²) in [6.45, 7) is 3.85. The molecule has 0 aliphatic carbocycles. The minimum Gasteiger partial charge on any atom is -0.284 e. The van der Waals surface area contributed by atoms with Gasteiger partial charge in [0.05, 0.1) is 6.26 Å². The molecule has 0 atom stereocenters. The van der Waals surface area contributed by atoms with E-state index < -0.39 is 20.2 Å². The third-order valence-electron chi connectivity index (χ3n) is 2.58. The van der Waals surface area contributed by atoms with Crippen molar-refractivity contribution in [2.24, 2.45) is 0 Å². The van der Waals surface area contributed by atoms with Crippen LogP contribution >= 0.6 is 0 Å². The fourth-order valence-corrected chi connectivity index (χ4v) is 3.49. The molecule has 22 heavy (non-hydrogen) atoms. The van der Waals surface area contributed by atoms with E-state index >= 15 is 0 Å². The van der Waals surface area contributed by atoms with Gasteiger partial charge in [-0.25, -0.2) is 13.1 Å². The zero-order valence-electron chi connectivity index (χ0n) is 13.0. The predicted molar refractivity (Wildman–Crippen MR) is 88.4 cm³/mol. The highest BCUT2D eigenvalue weighted by Crippen LogP contribution is 2.12. The molecule has 0 heterocycles. The second kappa shape index (κ2) is 7.91. The molecule has 0 unspecified atom stereocenters. The van der Waals surface area contributed by atoms with Gasteiger partial charge in [-0.1, -0.05) is 12.1 Å². The molecule has 0 aromatic heterocycles. The summed E-state index contributed by atoms with van der Waals surface area (Å²) in [5.41, 5.74) is 1.52. The van der Waals surface area contributed by atoms with Gasteiger partial charge in [-0.15, -0.1) is 0 Å². The lowest BCUT2D eigenvalue weighted by Crippen LogP contribution is -2.40. The number of rotatable bonds is 9. The van der Waals surface area contributed by atoms with Crippen LogP contribution in [0.1, 0.15) is 25.8 Å². The maximum absolute atomic E-state index is 11.5. The Morgan fingerprint density at radius 3 is 2.14 bits per heavy atom. The van der Waals surface area contributed by atoms with Gasteiger partial charge in [0, 0.05) is 18.3 Å². The minimum absolute atomic E-state index is 0.146. The summed E-state index contributed by atoms with van der Waals surface area (Å²) in [6, 6.07) is 6.84. The fraction of sp³-hybridized carbons (Fsp3) is 0.538. The number of benzene rings is 1. The van der Waals surface area contributed by atoms with Crippen LogP contribution in [-0.2, 0) is 26.7 Å². The third-order valence-corrected chi connectivity index (χ3v) is 4.55. The van der Waals surface area contributed by atoms with E-state index in [4.69, 9.17) is 0 Å². The number of hydrogen-bond donors (Lipinski definition) is 3. The van der Waals surface area contributed by atoms with Gasteiger partial charge in [0.15, 0.2) is 0 Å². The molecule has 0 amide bonds. The van der Waals surface area contributed by atoms with Gasteiger partial charge in [0.2, 0.25) is 10.0 Å². The maximum atomic E-state index is 11.5. The van der Waals surface area contributed by atoms with Crippen LogP contribution in [0, 0.1) is 0 Å². The summed E-state index contributed by atoms with van der Waals surface area (Å²) >= 11 is 0. The summed E-state index contributed by atoms with van der Waals surface area (Å²) in [6.07, 6.45) is 2.44. The molecule has 0 saturated heterocycles. The quantitative estimate of drug-likeness (QED) is 0.574. The van der Waals surface area contributed by atoms with Gasteiger partial charge >= 0.3 is 0 Å². The lowest BCUT2D eigenvalue weighted by molar-refractivity contribution is 0.553. The fourth-order valence-electron chi connectivity index (χ4n) is 1.80. The molecule has 9 heteroatoms. The van der Waals surface area contributed by atoms with Crippen LogP contribution in [0.2, 0.25) is 0 Å². The maximum Gasteiger partial charge on any atom is 0.277 e. The van der Waals surface area contributed by atoms with E-state index in [2.05, 4.69) is 14.2 Å². The van der Waals surface area contributed by atoms with Crippen molar-refractivity contribution < 1.29 is 16.8 Å². The molecule has 0 saturated carbocycles. The van der Waals surface area contributed by atoms with Crippen molar-refractivity contribution in [3.8, 4) is 0 Å². The Bertz CT molecular complexity index is 668. The topological polar surface area (TPSA) is 104 Å². The summed E-state index contributed by atoms with van der Waals surface area (Å²) in [7, 11) is -6.71. The first-order valence-electron chi connectivity index (χ1n) is 6.91. The van der Waals surface area contributed by atoms with Crippen LogP contribution in [0.3, 0.4) is 0 Å². The van der Waals surface area contributed by atoms with Crippen LogP contribution in [0.15, 0.2) is 24.3 Å². The Labute approximate surface area is 132 Å². The van der Waals surface area contributed by atoms with Crippen LogP contribution < -0.4 is 14.2 Å². The van der Waals surface area contributed by atoms with Crippen molar-refractivity contribution in [1.29, 1.82) is 0 Å². The Balaban J connectivity index is 2.40. The SMILES string of the molecule is CC(C)NS(=O)(=O)NCCCc1ccc(NS(C)(=O)=O)cc1. The van der Waals surface area contributed by atoms with E-state index in [1.54, 1.807) is 26.0 Å². The van der Waals surface area contributed by atoms with E-state index in [1.807, 2.05) is 12.1 Å². The van der Waals surface area contributed by atoms with Gasteiger partial charge in [0.25, 0.3) is 10.2 Å². The smallest absolute Gasteiger partial charge is 0.277 e. The zero-order chi connectivity index (χ0) is 16.8. The summed E-state index contributed by atoms with van der Waals surface area (Å²) in [5.74, 6) is 0. The first-order valence-corrected chi connectivity index (χ1v) is 10.3. The summed E-state index contributed by atoms with van der Waals surface area (Å²) in [5, 5.41) is 0. The summed E-state index contributed by atoms with van der Waals surface area (Å²) < 4.78 is 52.6. The molecule has 126 valence electrons. The Hall–Kier alpha value is -1.16. The van der Waals surface area contributed by atoms with Crippen molar-refractivity contribution in [3.05, 3.63) is 29.8 Å². The largest absolute Gasteiger partial charge is 0.284 e. The highest BCUT2D eigenvalue weighted by molar-refractivity contribution is 7.92. The van der Waals surface area contributed by atoms with Gasteiger partial charge < -0.3 is 0 Å².